The monoisotopic (exact) mass is 753 g/mol. The van der Waals surface area contributed by atoms with Gasteiger partial charge in [0.2, 0.25) is 0 Å². The standard InChI is InChI=1S/C53H84O2/c1-40(2)21-13-22-41(3)23-14-24-42(4)25-15-26-43(5)27-16-28-44(6)29-17-30-45(7)31-18-32-46(8)33-19-34-47(9)35-20-36-48(10)37-38-51-39-52(54)49(11)50(12)53(51)55/h23,25,27,29,31,33,35,37,39-40,54-55H,13-22,24,26,28,30,32,34,36,38H2,1-12H3/b41-23+,42-25+,43-27+,44-29+,45-31+,46-33+,47-35+,48-37+. The molecule has 1 rings (SSSR count). The minimum atomic E-state index is 0.255. The highest BCUT2D eigenvalue weighted by atomic mass is 16.3. The van der Waals surface area contributed by atoms with Crippen LogP contribution in [-0.2, 0) is 6.42 Å². The van der Waals surface area contributed by atoms with E-state index in [9.17, 15) is 10.2 Å². The van der Waals surface area contributed by atoms with Crippen LogP contribution in [0, 0.1) is 19.8 Å². The zero-order valence-corrected chi connectivity index (χ0v) is 37.9. The molecule has 2 heteroatoms. The van der Waals surface area contributed by atoms with Crippen molar-refractivity contribution < 1.29 is 10.2 Å². The molecule has 0 radical (unpaired) electrons. The third-order valence-electron chi connectivity index (χ3n) is 11.2. The van der Waals surface area contributed by atoms with E-state index in [1.54, 1.807) is 11.6 Å². The van der Waals surface area contributed by atoms with Gasteiger partial charge in [0.25, 0.3) is 0 Å². The molecule has 0 aromatic heterocycles. The van der Waals surface area contributed by atoms with E-state index in [2.05, 4.69) is 118 Å². The molecule has 0 aliphatic rings. The molecule has 1 aromatic rings. The van der Waals surface area contributed by atoms with Crippen LogP contribution in [0.4, 0.5) is 0 Å². The SMILES string of the molecule is C/C(=C\CC/C(C)=C/CC/C(C)=C/CC/C(C)=C/Cc1cc(O)c(C)c(C)c1O)CC/C=C(\C)CC/C=C(\C)CC/C=C(\C)CC/C=C(\C)CCCC(C)C. The van der Waals surface area contributed by atoms with Crippen molar-refractivity contribution >= 4 is 0 Å². The van der Waals surface area contributed by atoms with Gasteiger partial charge in [0.1, 0.15) is 11.5 Å². The first kappa shape index (κ1) is 49.8. The molecular formula is C53H84O2. The molecule has 308 valence electrons. The smallest absolute Gasteiger partial charge is 0.122 e. The van der Waals surface area contributed by atoms with Crippen LogP contribution >= 0.6 is 0 Å². The summed E-state index contributed by atoms with van der Waals surface area (Å²) in [5, 5.41) is 20.6. The Kier molecular flexibility index (Phi) is 26.3. The van der Waals surface area contributed by atoms with E-state index in [4.69, 9.17) is 0 Å². The van der Waals surface area contributed by atoms with E-state index in [1.165, 1.54) is 84.0 Å². The summed E-state index contributed by atoms with van der Waals surface area (Å²) in [7, 11) is 0. The molecule has 55 heavy (non-hydrogen) atoms. The summed E-state index contributed by atoms with van der Waals surface area (Å²) in [6.07, 6.45) is 39.7. The molecule has 0 aliphatic heterocycles. The third-order valence-corrected chi connectivity index (χ3v) is 11.2. The number of aromatic hydroxyl groups is 2. The number of hydrogen-bond donors (Lipinski definition) is 2. The van der Waals surface area contributed by atoms with Gasteiger partial charge in [-0.25, -0.2) is 0 Å². The largest absolute Gasteiger partial charge is 0.508 e. The second kappa shape index (κ2) is 29.0. The van der Waals surface area contributed by atoms with Crippen LogP contribution in [0.5, 0.6) is 11.5 Å². The first-order valence-corrected chi connectivity index (χ1v) is 21.8. The summed E-state index contributed by atoms with van der Waals surface area (Å²) in [5.74, 6) is 1.37. The fourth-order valence-electron chi connectivity index (χ4n) is 6.82. The van der Waals surface area contributed by atoms with Crippen LogP contribution < -0.4 is 0 Å². The number of phenols is 2. The van der Waals surface area contributed by atoms with Crippen molar-refractivity contribution in [2.45, 2.75) is 199 Å². The fourth-order valence-corrected chi connectivity index (χ4v) is 6.82. The molecule has 0 unspecified atom stereocenters. The van der Waals surface area contributed by atoms with Gasteiger partial charge in [0, 0.05) is 5.56 Å². The van der Waals surface area contributed by atoms with Gasteiger partial charge < -0.3 is 10.2 Å². The normalized spacial score (nSPS) is 14.5. The molecule has 2 nitrogen and oxygen atoms in total. The summed E-state index contributed by atoms with van der Waals surface area (Å²) in [6.45, 7) is 26.5. The number of rotatable bonds is 27. The van der Waals surface area contributed by atoms with Gasteiger partial charge in [-0.3, -0.25) is 0 Å². The van der Waals surface area contributed by atoms with E-state index in [-0.39, 0.29) is 5.75 Å². The van der Waals surface area contributed by atoms with Crippen LogP contribution in [0.3, 0.4) is 0 Å². The molecule has 2 N–H and O–H groups in total. The number of allylic oxidation sites excluding steroid dienone is 16. The van der Waals surface area contributed by atoms with Crippen LogP contribution in [-0.4, -0.2) is 10.2 Å². The van der Waals surface area contributed by atoms with Gasteiger partial charge in [0.15, 0.2) is 0 Å². The van der Waals surface area contributed by atoms with Gasteiger partial charge >= 0.3 is 0 Å². The summed E-state index contributed by atoms with van der Waals surface area (Å²) < 4.78 is 0. The highest BCUT2D eigenvalue weighted by molar-refractivity contribution is 5.51. The summed E-state index contributed by atoms with van der Waals surface area (Å²) in [6, 6.07) is 1.69. The Morgan fingerprint density at radius 1 is 0.455 bits per heavy atom. The molecule has 0 amide bonds. The van der Waals surface area contributed by atoms with Crippen LogP contribution in [0.2, 0.25) is 0 Å². The van der Waals surface area contributed by atoms with Gasteiger partial charge in [-0.2, -0.15) is 0 Å². The Labute approximate surface area is 341 Å². The van der Waals surface area contributed by atoms with Crippen molar-refractivity contribution in [3.05, 3.63) is 116 Å². The molecular weight excluding hydrogens is 669 g/mol. The van der Waals surface area contributed by atoms with Crippen molar-refractivity contribution in [2.75, 3.05) is 0 Å². The average Bonchev–Trinajstić information content (AvgIpc) is 3.11. The second-order valence-corrected chi connectivity index (χ2v) is 17.3. The Morgan fingerprint density at radius 2 is 0.745 bits per heavy atom. The molecule has 0 heterocycles. The topological polar surface area (TPSA) is 40.5 Å². The molecule has 0 saturated carbocycles. The highest BCUT2D eigenvalue weighted by Crippen LogP contribution is 2.32. The van der Waals surface area contributed by atoms with Crippen LogP contribution in [0.15, 0.2) is 99.3 Å². The van der Waals surface area contributed by atoms with Gasteiger partial charge in [-0.05, 0) is 202 Å². The Bertz CT molecular complexity index is 1530. The number of benzene rings is 1. The maximum absolute atomic E-state index is 10.4. The second-order valence-electron chi connectivity index (χ2n) is 17.3. The summed E-state index contributed by atoms with van der Waals surface area (Å²) >= 11 is 0. The first-order valence-electron chi connectivity index (χ1n) is 21.8. The van der Waals surface area contributed by atoms with Crippen molar-refractivity contribution in [1.82, 2.24) is 0 Å². The predicted molar refractivity (Wildman–Crippen MR) is 246 cm³/mol. The van der Waals surface area contributed by atoms with Crippen molar-refractivity contribution in [1.29, 1.82) is 0 Å². The minimum Gasteiger partial charge on any atom is -0.508 e. The minimum absolute atomic E-state index is 0.255. The molecule has 0 saturated heterocycles. The van der Waals surface area contributed by atoms with Crippen molar-refractivity contribution in [2.24, 2.45) is 5.92 Å². The first-order chi connectivity index (χ1) is 26.1. The van der Waals surface area contributed by atoms with E-state index >= 15 is 0 Å². The fraction of sp³-hybridized carbons (Fsp3) is 0.585. The van der Waals surface area contributed by atoms with Gasteiger partial charge in [-0.1, -0.05) is 113 Å². The maximum atomic E-state index is 10.4. The maximum Gasteiger partial charge on any atom is 0.122 e. The summed E-state index contributed by atoms with van der Waals surface area (Å²) in [4.78, 5) is 0. The predicted octanol–water partition coefficient (Wildman–Crippen LogP) is 17.1. The zero-order chi connectivity index (χ0) is 41.2. The van der Waals surface area contributed by atoms with E-state index in [0.717, 1.165) is 86.8 Å². The van der Waals surface area contributed by atoms with Crippen molar-refractivity contribution in [3.63, 3.8) is 0 Å². The Hall–Kier alpha value is -3.26. The van der Waals surface area contributed by atoms with Crippen LogP contribution in [0.25, 0.3) is 0 Å². The molecule has 0 spiro atoms. The quantitative estimate of drug-likeness (QED) is 0.0694. The van der Waals surface area contributed by atoms with E-state index < -0.39 is 0 Å². The lowest BCUT2D eigenvalue weighted by molar-refractivity contribution is 0.448. The zero-order valence-electron chi connectivity index (χ0n) is 37.9. The number of phenolic OH excluding ortho intramolecular Hbond substituents is 2. The number of hydrogen-bond acceptors (Lipinski definition) is 2. The Morgan fingerprint density at radius 3 is 1.05 bits per heavy atom. The molecule has 0 atom stereocenters. The van der Waals surface area contributed by atoms with E-state index in [0.29, 0.717) is 12.2 Å². The lowest BCUT2D eigenvalue weighted by Gasteiger charge is -2.10. The Balaban J connectivity index is 2.27. The summed E-state index contributed by atoms with van der Waals surface area (Å²) in [5.41, 5.74) is 14.2. The highest BCUT2D eigenvalue weighted by Gasteiger charge is 2.10. The lowest BCUT2D eigenvalue weighted by Crippen LogP contribution is -1.91. The average molecular weight is 753 g/mol. The van der Waals surface area contributed by atoms with Gasteiger partial charge in [-0.15, -0.1) is 0 Å². The molecule has 1 aromatic carbocycles. The third kappa shape index (κ3) is 24.8. The van der Waals surface area contributed by atoms with Crippen LogP contribution in [0.1, 0.15) is 195 Å². The van der Waals surface area contributed by atoms with Gasteiger partial charge in [0.05, 0.1) is 0 Å². The van der Waals surface area contributed by atoms with E-state index in [1.807, 2.05) is 13.8 Å². The molecule has 0 aliphatic carbocycles. The molecule has 0 bridgehead atoms. The molecule has 0 fully saturated rings. The lowest BCUT2D eigenvalue weighted by atomic mass is 9.99. The van der Waals surface area contributed by atoms with Crippen molar-refractivity contribution in [3.8, 4) is 11.5 Å².